The van der Waals surface area contributed by atoms with E-state index in [0.717, 1.165) is 16.7 Å². The van der Waals surface area contributed by atoms with Crippen LogP contribution in [0, 0.1) is 0 Å². The number of nitrogen functional groups attached to an aromatic ring is 1. The number of H-pyrrole nitrogens is 1. The fraction of sp³-hybridized carbons (Fsp3) is 0.148. The van der Waals surface area contributed by atoms with E-state index in [1.54, 1.807) is 0 Å². The number of nitrogens with zero attached hydrogens (tertiary/aromatic N) is 3. The predicted molar refractivity (Wildman–Crippen MR) is 142 cm³/mol. The Balaban J connectivity index is 1.45. The van der Waals surface area contributed by atoms with Crippen molar-refractivity contribution >= 4 is 24.6 Å². The minimum Gasteiger partial charge on any atom is -0.382 e. The number of aromatic amines is 1. The summed E-state index contributed by atoms with van der Waals surface area (Å²) in [7, 11) is -3.72. The molecule has 10 heteroatoms. The van der Waals surface area contributed by atoms with Crippen molar-refractivity contribution in [2.45, 2.75) is 25.9 Å². The molecule has 0 unspecified atom stereocenters. The molecule has 2 aromatic heterocycles. The van der Waals surface area contributed by atoms with E-state index < -0.39 is 7.60 Å². The summed E-state index contributed by atoms with van der Waals surface area (Å²) < 4.78 is 27.1. The summed E-state index contributed by atoms with van der Waals surface area (Å²) in [6.45, 7) is 0.475. The van der Waals surface area contributed by atoms with E-state index in [9.17, 15) is 9.36 Å². The lowest BCUT2D eigenvalue weighted by Crippen LogP contribution is -2.18. The molecule has 0 aliphatic carbocycles. The van der Waals surface area contributed by atoms with Crippen LogP contribution in [-0.2, 0) is 39.5 Å². The molecule has 0 saturated heterocycles. The molecule has 2 heterocycles. The third-order valence-corrected chi connectivity index (χ3v) is 7.47. The van der Waals surface area contributed by atoms with Crippen LogP contribution in [0.5, 0.6) is 0 Å². The number of nitrogens with two attached hydrogens (primary N) is 1. The lowest BCUT2D eigenvalue weighted by atomic mass is 10.2. The van der Waals surface area contributed by atoms with Crippen LogP contribution in [0.1, 0.15) is 22.5 Å². The maximum Gasteiger partial charge on any atom is 0.338 e. The van der Waals surface area contributed by atoms with Crippen molar-refractivity contribution < 1.29 is 13.6 Å². The van der Waals surface area contributed by atoms with E-state index in [4.69, 9.17) is 14.8 Å². The summed E-state index contributed by atoms with van der Waals surface area (Å²) in [5, 5.41) is 0. The van der Waals surface area contributed by atoms with Crippen LogP contribution in [0.4, 0.5) is 5.82 Å². The van der Waals surface area contributed by atoms with Gasteiger partial charge in [-0.15, -0.1) is 0 Å². The third-order valence-electron chi connectivity index (χ3n) is 5.76. The molecule has 3 N–H and O–H groups in total. The Morgan fingerprint density at radius 1 is 0.784 bits per heavy atom. The summed E-state index contributed by atoms with van der Waals surface area (Å²) in [4.78, 5) is 24.3. The molecule has 5 aromatic rings. The Hall–Kier alpha value is -4.04. The summed E-state index contributed by atoms with van der Waals surface area (Å²) in [5.41, 5.74) is 9.10. The zero-order chi connectivity index (χ0) is 25.7. The van der Waals surface area contributed by atoms with Gasteiger partial charge in [0, 0.05) is 0 Å². The quantitative estimate of drug-likeness (QED) is 0.254. The normalized spacial score (nSPS) is 11.7. The number of imidazole rings is 1. The SMILES string of the molecule is Nc1nc(CP(=O)(OCc2ccccc2)OCc2ccccc2)nc2c1[nH]c(=O)n2Cc1ccccc1. The first-order valence-electron chi connectivity index (χ1n) is 11.7. The van der Waals surface area contributed by atoms with Gasteiger partial charge in [0.15, 0.2) is 11.5 Å². The number of aromatic nitrogens is 4. The monoisotopic (exact) mass is 515 g/mol. The predicted octanol–water partition coefficient (Wildman–Crippen LogP) is 4.88. The summed E-state index contributed by atoms with van der Waals surface area (Å²) >= 11 is 0. The fourth-order valence-corrected chi connectivity index (χ4v) is 5.31. The topological polar surface area (TPSA) is 125 Å². The average molecular weight is 516 g/mol. The van der Waals surface area contributed by atoms with E-state index in [2.05, 4.69) is 15.0 Å². The second kappa shape index (κ2) is 10.9. The van der Waals surface area contributed by atoms with Crippen molar-refractivity contribution in [3.05, 3.63) is 124 Å². The lowest BCUT2D eigenvalue weighted by Gasteiger charge is -2.18. The molecule has 0 atom stereocenters. The standard InChI is InChI=1S/C27H26N5O4P/c28-25-24-26(32(27(33)31-24)16-20-10-4-1-5-11-20)30-23(29-25)19-37(34,35-17-21-12-6-2-7-13-21)36-18-22-14-8-3-9-15-22/h1-15H,16-19H2,(H,31,33)(H2,28,29,30). The number of anilines is 1. The van der Waals surface area contributed by atoms with Gasteiger partial charge in [0.25, 0.3) is 0 Å². The number of nitrogens with one attached hydrogen (secondary N) is 1. The van der Waals surface area contributed by atoms with Gasteiger partial charge in [-0.1, -0.05) is 91.0 Å². The molecule has 0 aliphatic heterocycles. The van der Waals surface area contributed by atoms with Crippen LogP contribution >= 0.6 is 7.60 Å². The summed E-state index contributed by atoms with van der Waals surface area (Å²) in [5.74, 6) is 0.247. The van der Waals surface area contributed by atoms with Crippen molar-refractivity contribution in [3.63, 3.8) is 0 Å². The Morgan fingerprint density at radius 3 is 1.84 bits per heavy atom. The molecule has 0 aliphatic rings. The Morgan fingerprint density at radius 2 is 1.30 bits per heavy atom. The first kappa shape index (κ1) is 24.6. The number of benzene rings is 3. The largest absolute Gasteiger partial charge is 0.382 e. The Kier molecular flexibility index (Phi) is 7.28. The second-order valence-corrected chi connectivity index (χ2v) is 10.6. The van der Waals surface area contributed by atoms with Crippen LogP contribution in [0.3, 0.4) is 0 Å². The molecule has 9 nitrogen and oxygen atoms in total. The molecular formula is C27H26N5O4P. The van der Waals surface area contributed by atoms with Gasteiger partial charge in [-0.25, -0.2) is 14.8 Å². The number of hydrogen-bond donors (Lipinski definition) is 2. The average Bonchev–Trinajstić information content (AvgIpc) is 3.23. The zero-order valence-corrected chi connectivity index (χ0v) is 20.9. The molecule has 0 amide bonds. The number of hydrogen-bond acceptors (Lipinski definition) is 7. The van der Waals surface area contributed by atoms with Gasteiger partial charge < -0.3 is 19.8 Å². The molecule has 0 spiro atoms. The molecule has 37 heavy (non-hydrogen) atoms. The molecule has 0 bridgehead atoms. The Bertz CT molecular complexity index is 1540. The van der Waals surface area contributed by atoms with Crippen molar-refractivity contribution in [2.75, 3.05) is 5.73 Å². The molecule has 0 fully saturated rings. The highest BCUT2D eigenvalue weighted by Crippen LogP contribution is 2.52. The van der Waals surface area contributed by atoms with E-state index in [1.807, 2.05) is 91.0 Å². The Labute approximate surface area is 213 Å². The van der Waals surface area contributed by atoms with Gasteiger partial charge in [-0.05, 0) is 16.7 Å². The molecular weight excluding hydrogens is 489 g/mol. The van der Waals surface area contributed by atoms with Crippen LogP contribution in [0.2, 0.25) is 0 Å². The van der Waals surface area contributed by atoms with Gasteiger partial charge >= 0.3 is 13.3 Å². The van der Waals surface area contributed by atoms with Gasteiger partial charge in [-0.3, -0.25) is 9.13 Å². The van der Waals surface area contributed by atoms with E-state index in [-0.39, 0.29) is 36.7 Å². The summed E-state index contributed by atoms with van der Waals surface area (Å²) in [6.07, 6.45) is -0.211. The lowest BCUT2D eigenvalue weighted by molar-refractivity contribution is 0.189. The molecule has 0 saturated carbocycles. The smallest absolute Gasteiger partial charge is 0.338 e. The van der Waals surface area contributed by atoms with Gasteiger partial charge in [0.05, 0.1) is 19.8 Å². The molecule has 188 valence electrons. The highest BCUT2D eigenvalue weighted by atomic mass is 31.2. The molecule has 0 radical (unpaired) electrons. The van der Waals surface area contributed by atoms with Crippen molar-refractivity contribution in [3.8, 4) is 0 Å². The zero-order valence-electron chi connectivity index (χ0n) is 20.0. The first-order valence-corrected chi connectivity index (χ1v) is 13.5. The van der Waals surface area contributed by atoms with Crippen molar-refractivity contribution in [1.82, 2.24) is 19.5 Å². The van der Waals surface area contributed by atoms with E-state index >= 15 is 0 Å². The van der Waals surface area contributed by atoms with E-state index in [1.165, 1.54) is 4.57 Å². The highest BCUT2D eigenvalue weighted by Gasteiger charge is 2.28. The van der Waals surface area contributed by atoms with E-state index in [0.29, 0.717) is 17.7 Å². The van der Waals surface area contributed by atoms with Crippen molar-refractivity contribution in [2.24, 2.45) is 0 Å². The van der Waals surface area contributed by atoms with Crippen LogP contribution in [-0.4, -0.2) is 19.5 Å². The maximum atomic E-state index is 13.9. The first-order chi connectivity index (χ1) is 18.0. The van der Waals surface area contributed by atoms with Gasteiger partial charge in [0.2, 0.25) is 0 Å². The van der Waals surface area contributed by atoms with Crippen LogP contribution in [0.25, 0.3) is 11.2 Å². The molecule has 3 aromatic carbocycles. The minimum absolute atomic E-state index is 0.0848. The highest BCUT2D eigenvalue weighted by molar-refractivity contribution is 7.52. The van der Waals surface area contributed by atoms with Crippen molar-refractivity contribution in [1.29, 1.82) is 0 Å². The third kappa shape index (κ3) is 6.03. The van der Waals surface area contributed by atoms with Gasteiger partial charge in [0.1, 0.15) is 17.5 Å². The molecule has 5 rings (SSSR count). The number of fused-ring (bicyclic) bond motifs is 1. The van der Waals surface area contributed by atoms with Crippen LogP contribution < -0.4 is 11.4 Å². The van der Waals surface area contributed by atoms with Crippen LogP contribution in [0.15, 0.2) is 95.8 Å². The number of rotatable bonds is 10. The fourth-order valence-electron chi connectivity index (χ4n) is 3.88. The summed E-state index contributed by atoms with van der Waals surface area (Å²) in [6, 6.07) is 28.4. The maximum absolute atomic E-state index is 13.9. The second-order valence-electron chi connectivity index (χ2n) is 8.51. The minimum atomic E-state index is -3.72. The van der Waals surface area contributed by atoms with Gasteiger partial charge in [-0.2, -0.15) is 0 Å².